The predicted molar refractivity (Wildman–Crippen MR) is 142 cm³/mol. The van der Waals surface area contributed by atoms with Gasteiger partial charge in [-0.2, -0.15) is 0 Å². The Labute approximate surface area is 219 Å². The molecule has 0 aliphatic heterocycles. The van der Waals surface area contributed by atoms with Crippen molar-refractivity contribution in [2.45, 2.75) is 149 Å². The zero-order valence-electron chi connectivity index (χ0n) is 23.4. The van der Waals surface area contributed by atoms with E-state index in [4.69, 9.17) is 0 Å². The van der Waals surface area contributed by atoms with E-state index in [0.717, 1.165) is 38.5 Å². The van der Waals surface area contributed by atoms with Crippen LogP contribution in [0.1, 0.15) is 130 Å². The molecule has 0 radical (unpaired) electrons. The van der Waals surface area contributed by atoms with Gasteiger partial charge in [0.25, 0.3) is 0 Å². The fourth-order valence-corrected chi connectivity index (χ4v) is 5.72. The van der Waals surface area contributed by atoms with Crippen LogP contribution in [0.2, 0.25) is 0 Å². The fraction of sp³-hybridized carbons (Fsp3) is 0.828. The quantitative estimate of drug-likeness (QED) is 0.0975. The van der Waals surface area contributed by atoms with Crippen molar-refractivity contribution in [2.24, 2.45) is 0 Å². The van der Waals surface area contributed by atoms with Crippen LogP contribution in [0.15, 0.2) is 12.2 Å². The molecule has 0 amide bonds. The van der Waals surface area contributed by atoms with E-state index in [1.807, 2.05) is 0 Å². The number of quaternary nitrogens is 1. The molecule has 3 unspecified atom stereocenters. The molecular weight excluding hydrogens is 458 g/mol. The van der Waals surface area contributed by atoms with Gasteiger partial charge in [-0.25, -0.2) is 9.59 Å². The standard InChI is InChI=1S/C29H53NO6/c1-5-9-10-11-12-13-14-15-16-17-18-19-20-21-22-23-30(24(6-2)27(31)32,25(7-3)28(33)34)26(8-4)29(35)36/h14-15,24-26H,5-13,16-23H2,1-4H3,(H2-,31,32,33,34,35,36)/b15-14+. The summed E-state index contributed by atoms with van der Waals surface area (Å²) in [5.41, 5.74) is 0. The average Bonchev–Trinajstić information content (AvgIpc) is 2.82. The normalized spacial score (nSPS) is 15.9. The second kappa shape index (κ2) is 20.2. The van der Waals surface area contributed by atoms with Crippen LogP contribution in [-0.2, 0) is 14.4 Å². The molecule has 0 aromatic heterocycles. The molecule has 0 fully saturated rings. The zero-order valence-corrected chi connectivity index (χ0v) is 23.4. The Balaban J connectivity index is 4.89. The maximum Gasteiger partial charge on any atom is 0.362 e. The molecule has 3 atom stereocenters. The summed E-state index contributed by atoms with van der Waals surface area (Å²) in [7, 11) is 0. The number of carbonyl (C=O) groups excluding carboxylic acids is 1. The number of hydrogen-bond donors (Lipinski definition) is 2. The van der Waals surface area contributed by atoms with Gasteiger partial charge in [-0.15, -0.1) is 0 Å². The molecule has 0 saturated heterocycles. The summed E-state index contributed by atoms with van der Waals surface area (Å²) in [6, 6.07) is -3.38. The van der Waals surface area contributed by atoms with Crippen LogP contribution in [0.4, 0.5) is 0 Å². The van der Waals surface area contributed by atoms with Crippen molar-refractivity contribution in [1.29, 1.82) is 0 Å². The number of aliphatic carboxylic acids is 3. The molecule has 36 heavy (non-hydrogen) atoms. The highest BCUT2D eigenvalue weighted by atomic mass is 16.4. The van der Waals surface area contributed by atoms with E-state index in [0.29, 0.717) is 6.42 Å². The Morgan fingerprint density at radius 1 is 0.639 bits per heavy atom. The first-order chi connectivity index (χ1) is 17.2. The summed E-state index contributed by atoms with van der Waals surface area (Å²) < 4.78 is -0.472. The number of hydrogen-bond acceptors (Lipinski definition) is 4. The van der Waals surface area contributed by atoms with Gasteiger partial charge in [-0.3, -0.25) is 4.48 Å². The van der Waals surface area contributed by atoms with Crippen molar-refractivity contribution in [3.05, 3.63) is 12.2 Å². The van der Waals surface area contributed by atoms with Crippen LogP contribution in [0.25, 0.3) is 0 Å². The number of unbranched alkanes of at least 4 members (excludes halogenated alkanes) is 11. The van der Waals surface area contributed by atoms with E-state index in [-0.39, 0.29) is 25.8 Å². The van der Waals surface area contributed by atoms with Crippen LogP contribution < -0.4 is 5.11 Å². The van der Waals surface area contributed by atoms with E-state index < -0.39 is 40.5 Å². The first kappa shape index (κ1) is 34.1. The van der Waals surface area contributed by atoms with Gasteiger partial charge in [0.2, 0.25) is 0 Å². The predicted octanol–water partition coefficient (Wildman–Crippen LogP) is 5.71. The Hall–Kier alpha value is -1.89. The summed E-state index contributed by atoms with van der Waals surface area (Å²) in [5.74, 6) is -3.66. The van der Waals surface area contributed by atoms with Crippen molar-refractivity contribution in [2.75, 3.05) is 6.54 Å². The van der Waals surface area contributed by atoms with Gasteiger partial charge < -0.3 is 20.1 Å². The molecule has 0 aliphatic rings. The van der Waals surface area contributed by atoms with E-state index in [9.17, 15) is 29.7 Å². The van der Waals surface area contributed by atoms with Gasteiger partial charge in [0, 0.05) is 19.3 Å². The van der Waals surface area contributed by atoms with Gasteiger partial charge in [-0.1, -0.05) is 84.8 Å². The van der Waals surface area contributed by atoms with E-state index in [1.165, 1.54) is 38.5 Å². The molecule has 0 spiro atoms. The minimum Gasteiger partial charge on any atom is -0.544 e. The fourth-order valence-electron chi connectivity index (χ4n) is 5.72. The summed E-state index contributed by atoms with van der Waals surface area (Å²) in [6.07, 6.45) is 19.5. The lowest BCUT2D eigenvalue weighted by Crippen LogP contribution is -2.73. The molecule has 0 heterocycles. The number of nitrogens with zero attached hydrogens (tertiary/aromatic N) is 1. The Morgan fingerprint density at radius 2 is 1.03 bits per heavy atom. The van der Waals surface area contributed by atoms with Crippen LogP contribution in [0.5, 0.6) is 0 Å². The van der Waals surface area contributed by atoms with Crippen molar-refractivity contribution in [3.8, 4) is 0 Å². The van der Waals surface area contributed by atoms with Crippen molar-refractivity contribution < 1.29 is 34.2 Å². The number of carbonyl (C=O) groups is 3. The van der Waals surface area contributed by atoms with E-state index in [2.05, 4.69) is 19.1 Å². The molecule has 2 N–H and O–H groups in total. The van der Waals surface area contributed by atoms with Gasteiger partial charge >= 0.3 is 11.9 Å². The Bertz CT molecular complexity index is 593. The molecule has 0 aromatic rings. The SMILES string of the molecule is CCCCCCC/C=C/CCCCCCCC[N+](C(CC)C(=O)[O-])(C(CC)C(=O)O)C(CC)C(=O)O. The Kier molecular flexibility index (Phi) is 19.1. The summed E-state index contributed by atoms with van der Waals surface area (Å²) in [5, 5.41) is 32.0. The summed E-state index contributed by atoms with van der Waals surface area (Å²) in [6.45, 7) is 7.47. The molecule has 7 heteroatoms. The van der Waals surface area contributed by atoms with Crippen molar-refractivity contribution in [1.82, 2.24) is 0 Å². The third kappa shape index (κ3) is 11.4. The third-order valence-corrected chi connectivity index (χ3v) is 7.55. The van der Waals surface area contributed by atoms with E-state index in [1.54, 1.807) is 20.8 Å². The number of allylic oxidation sites excluding steroid dienone is 2. The van der Waals surface area contributed by atoms with Gasteiger partial charge in [0.05, 0.1) is 12.5 Å². The molecule has 7 nitrogen and oxygen atoms in total. The van der Waals surface area contributed by atoms with Crippen molar-refractivity contribution in [3.63, 3.8) is 0 Å². The molecule has 210 valence electrons. The molecule has 0 saturated carbocycles. The van der Waals surface area contributed by atoms with Gasteiger partial charge in [-0.05, 0) is 38.5 Å². The van der Waals surface area contributed by atoms with Crippen LogP contribution in [-0.4, -0.2) is 57.3 Å². The number of carboxylic acids is 3. The third-order valence-electron chi connectivity index (χ3n) is 7.55. The topological polar surface area (TPSA) is 115 Å². The maximum absolute atomic E-state index is 12.2. The first-order valence-electron chi connectivity index (χ1n) is 14.4. The smallest absolute Gasteiger partial charge is 0.362 e. The molecule has 0 aliphatic carbocycles. The molecule has 0 aromatic carbocycles. The lowest BCUT2D eigenvalue weighted by molar-refractivity contribution is -0.974. The van der Waals surface area contributed by atoms with Crippen LogP contribution >= 0.6 is 0 Å². The molecular formula is C29H53NO6. The second-order valence-corrected chi connectivity index (χ2v) is 10.1. The lowest BCUT2D eigenvalue weighted by Gasteiger charge is -2.51. The van der Waals surface area contributed by atoms with E-state index >= 15 is 0 Å². The minimum absolute atomic E-state index is 0.127. The maximum atomic E-state index is 12.2. The average molecular weight is 512 g/mol. The molecule has 0 bridgehead atoms. The summed E-state index contributed by atoms with van der Waals surface area (Å²) >= 11 is 0. The largest absolute Gasteiger partial charge is 0.544 e. The summed E-state index contributed by atoms with van der Waals surface area (Å²) in [4.78, 5) is 36.5. The minimum atomic E-state index is -1.37. The molecule has 0 rings (SSSR count). The first-order valence-corrected chi connectivity index (χ1v) is 14.4. The number of carboxylic acid groups (broad SMARTS) is 3. The zero-order chi connectivity index (χ0) is 27.4. The lowest BCUT2D eigenvalue weighted by atomic mass is 9.93. The highest BCUT2D eigenvalue weighted by Gasteiger charge is 2.53. The second-order valence-electron chi connectivity index (χ2n) is 10.1. The van der Waals surface area contributed by atoms with Crippen LogP contribution in [0.3, 0.4) is 0 Å². The van der Waals surface area contributed by atoms with Gasteiger partial charge in [0.15, 0.2) is 12.1 Å². The highest BCUT2D eigenvalue weighted by molar-refractivity contribution is 5.77. The highest BCUT2D eigenvalue weighted by Crippen LogP contribution is 2.32. The van der Waals surface area contributed by atoms with Crippen molar-refractivity contribution >= 4 is 17.9 Å². The monoisotopic (exact) mass is 511 g/mol. The Morgan fingerprint density at radius 3 is 1.39 bits per heavy atom. The van der Waals surface area contributed by atoms with Crippen LogP contribution in [0, 0.1) is 0 Å². The van der Waals surface area contributed by atoms with Gasteiger partial charge in [0.1, 0.15) is 6.04 Å². The number of rotatable bonds is 24.